The van der Waals surface area contributed by atoms with Crippen LogP contribution in [0.15, 0.2) is 42.5 Å². The third-order valence-electron chi connectivity index (χ3n) is 4.57. The molecule has 0 bridgehead atoms. The van der Waals surface area contributed by atoms with E-state index in [0.29, 0.717) is 21.7 Å². The van der Waals surface area contributed by atoms with Crippen molar-refractivity contribution in [3.63, 3.8) is 0 Å². The van der Waals surface area contributed by atoms with Crippen molar-refractivity contribution in [1.82, 2.24) is 4.90 Å². The van der Waals surface area contributed by atoms with Crippen molar-refractivity contribution in [3.8, 4) is 5.75 Å². The Bertz CT molecular complexity index is 784. The van der Waals surface area contributed by atoms with Gasteiger partial charge in [0.05, 0.1) is 12.8 Å². The molecule has 0 aliphatic carbocycles. The molecule has 1 aliphatic heterocycles. The van der Waals surface area contributed by atoms with Crippen molar-refractivity contribution in [3.05, 3.63) is 58.6 Å². The standard InChI is InChI=1S/C20H23ClN2O2S/c1-14-5-3-4-6-16(14)19-9-10-23(11-12-26-19)20(24)22-17-13-15(21)7-8-18(17)25-2/h3-8,13,19H,9-12H2,1-2H3,(H,22,24)/t19-/m0/s1. The van der Waals surface area contributed by atoms with E-state index < -0.39 is 0 Å². The molecule has 26 heavy (non-hydrogen) atoms. The number of methoxy groups -OCH3 is 1. The summed E-state index contributed by atoms with van der Waals surface area (Å²) in [5.74, 6) is 1.52. The van der Waals surface area contributed by atoms with Crippen LogP contribution in [0.2, 0.25) is 5.02 Å². The van der Waals surface area contributed by atoms with Crippen LogP contribution in [0.3, 0.4) is 0 Å². The minimum atomic E-state index is -0.114. The predicted molar refractivity (Wildman–Crippen MR) is 110 cm³/mol. The van der Waals surface area contributed by atoms with E-state index in [9.17, 15) is 4.79 Å². The van der Waals surface area contributed by atoms with Crippen LogP contribution in [0.25, 0.3) is 0 Å². The number of amides is 2. The number of halogens is 1. The molecule has 4 nitrogen and oxygen atoms in total. The molecule has 1 atom stereocenters. The number of hydrogen-bond donors (Lipinski definition) is 1. The summed E-state index contributed by atoms with van der Waals surface area (Å²) >= 11 is 7.97. The number of thioether (sulfide) groups is 1. The first-order valence-corrected chi connectivity index (χ1v) is 10.1. The monoisotopic (exact) mass is 390 g/mol. The number of nitrogens with zero attached hydrogens (tertiary/aromatic N) is 1. The van der Waals surface area contributed by atoms with Crippen LogP contribution in [-0.2, 0) is 0 Å². The average molecular weight is 391 g/mol. The number of urea groups is 1. The predicted octanol–water partition coefficient (Wildman–Crippen LogP) is 5.37. The van der Waals surface area contributed by atoms with Crippen molar-refractivity contribution in [2.24, 2.45) is 0 Å². The number of ether oxygens (including phenoxy) is 1. The van der Waals surface area contributed by atoms with Gasteiger partial charge in [0, 0.05) is 29.1 Å². The largest absolute Gasteiger partial charge is 0.495 e. The highest BCUT2D eigenvalue weighted by molar-refractivity contribution is 7.99. The highest BCUT2D eigenvalue weighted by Crippen LogP contribution is 2.36. The molecule has 2 amide bonds. The zero-order chi connectivity index (χ0) is 18.5. The van der Waals surface area contributed by atoms with Gasteiger partial charge in [-0.2, -0.15) is 11.8 Å². The van der Waals surface area contributed by atoms with E-state index in [-0.39, 0.29) is 6.03 Å². The Balaban J connectivity index is 1.67. The molecular weight excluding hydrogens is 368 g/mol. The molecule has 0 radical (unpaired) electrons. The van der Waals surface area contributed by atoms with Crippen LogP contribution in [0, 0.1) is 6.92 Å². The summed E-state index contributed by atoms with van der Waals surface area (Å²) < 4.78 is 5.31. The number of anilines is 1. The summed E-state index contributed by atoms with van der Waals surface area (Å²) in [5.41, 5.74) is 3.28. The van der Waals surface area contributed by atoms with Crippen molar-refractivity contribution < 1.29 is 9.53 Å². The molecule has 1 aliphatic rings. The number of carbonyl (C=O) groups is 1. The minimum Gasteiger partial charge on any atom is -0.495 e. The summed E-state index contributed by atoms with van der Waals surface area (Å²) in [6.07, 6.45) is 0.940. The lowest BCUT2D eigenvalue weighted by Gasteiger charge is -2.22. The molecule has 1 saturated heterocycles. The molecule has 3 rings (SSSR count). The highest BCUT2D eigenvalue weighted by Gasteiger charge is 2.23. The maximum atomic E-state index is 12.7. The zero-order valence-electron chi connectivity index (χ0n) is 15.0. The molecule has 1 N–H and O–H groups in total. The molecule has 2 aromatic rings. The Morgan fingerprint density at radius 1 is 1.27 bits per heavy atom. The van der Waals surface area contributed by atoms with Gasteiger partial charge in [-0.15, -0.1) is 0 Å². The van der Waals surface area contributed by atoms with Crippen LogP contribution in [0.1, 0.15) is 22.8 Å². The first kappa shape index (κ1) is 18.9. The van der Waals surface area contributed by atoms with Crippen molar-refractivity contribution in [1.29, 1.82) is 0 Å². The van der Waals surface area contributed by atoms with Gasteiger partial charge in [0.1, 0.15) is 5.75 Å². The molecule has 1 fully saturated rings. The first-order chi connectivity index (χ1) is 12.6. The van der Waals surface area contributed by atoms with Gasteiger partial charge in [0.25, 0.3) is 0 Å². The summed E-state index contributed by atoms with van der Waals surface area (Å²) in [6, 6.07) is 13.6. The fraction of sp³-hybridized carbons (Fsp3) is 0.350. The van der Waals surface area contributed by atoms with E-state index in [2.05, 4.69) is 36.5 Å². The number of benzene rings is 2. The minimum absolute atomic E-state index is 0.114. The van der Waals surface area contributed by atoms with Gasteiger partial charge >= 0.3 is 6.03 Å². The zero-order valence-corrected chi connectivity index (χ0v) is 16.6. The Morgan fingerprint density at radius 3 is 2.85 bits per heavy atom. The second-order valence-electron chi connectivity index (χ2n) is 6.27. The topological polar surface area (TPSA) is 41.6 Å². The molecule has 0 saturated carbocycles. The van der Waals surface area contributed by atoms with Crippen LogP contribution >= 0.6 is 23.4 Å². The van der Waals surface area contributed by atoms with Crippen LogP contribution in [0.5, 0.6) is 5.75 Å². The lowest BCUT2D eigenvalue weighted by Crippen LogP contribution is -2.36. The lowest BCUT2D eigenvalue weighted by molar-refractivity contribution is 0.215. The Hall–Kier alpha value is -1.85. The Labute approximate surface area is 163 Å². The van der Waals surface area contributed by atoms with Gasteiger partial charge in [-0.05, 0) is 42.7 Å². The van der Waals surface area contributed by atoms with Gasteiger partial charge in [0.2, 0.25) is 0 Å². The van der Waals surface area contributed by atoms with Gasteiger partial charge in [-0.3, -0.25) is 0 Å². The van der Waals surface area contributed by atoms with E-state index >= 15 is 0 Å². The molecule has 2 aromatic carbocycles. The lowest BCUT2D eigenvalue weighted by atomic mass is 10.0. The smallest absolute Gasteiger partial charge is 0.321 e. The molecule has 0 aromatic heterocycles. The molecule has 138 valence electrons. The summed E-state index contributed by atoms with van der Waals surface area (Å²) in [5, 5.41) is 3.92. The maximum Gasteiger partial charge on any atom is 0.321 e. The second kappa shape index (κ2) is 8.69. The quantitative estimate of drug-likeness (QED) is 0.766. The van der Waals surface area contributed by atoms with Crippen LogP contribution < -0.4 is 10.1 Å². The van der Waals surface area contributed by atoms with Gasteiger partial charge in [-0.25, -0.2) is 4.79 Å². The number of carbonyl (C=O) groups excluding carboxylic acids is 1. The van der Waals surface area contributed by atoms with E-state index in [0.717, 1.165) is 25.3 Å². The molecule has 0 unspecified atom stereocenters. The number of rotatable bonds is 3. The Kier molecular flexibility index (Phi) is 6.33. The van der Waals surface area contributed by atoms with Gasteiger partial charge < -0.3 is 15.0 Å². The van der Waals surface area contributed by atoms with E-state index in [1.54, 1.807) is 25.3 Å². The number of hydrogen-bond acceptors (Lipinski definition) is 3. The van der Waals surface area contributed by atoms with Gasteiger partial charge in [-0.1, -0.05) is 35.9 Å². The van der Waals surface area contributed by atoms with E-state index in [1.807, 2.05) is 16.7 Å². The summed E-state index contributed by atoms with van der Waals surface area (Å²) in [4.78, 5) is 14.6. The van der Waals surface area contributed by atoms with Crippen LogP contribution in [-0.4, -0.2) is 36.9 Å². The van der Waals surface area contributed by atoms with Crippen LogP contribution in [0.4, 0.5) is 10.5 Å². The molecule has 1 heterocycles. The molecule has 6 heteroatoms. The maximum absolute atomic E-state index is 12.7. The van der Waals surface area contributed by atoms with E-state index in [4.69, 9.17) is 16.3 Å². The van der Waals surface area contributed by atoms with Crippen molar-refractivity contribution in [2.75, 3.05) is 31.3 Å². The number of aryl methyl sites for hydroxylation is 1. The van der Waals surface area contributed by atoms with Crippen molar-refractivity contribution in [2.45, 2.75) is 18.6 Å². The third kappa shape index (κ3) is 4.46. The third-order valence-corrected chi connectivity index (χ3v) is 6.11. The molecule has 0 spiro atoms. The summed E-state index contributed by atoms with van der Waals surface area (Å²) in [6.45, 7) is 3.60. The fourth-order valence-electron chi connectivity index (χ4n) is 3.14. The van der Waals surface area contributed by atoms with E-state index in [1.165, 1.54) is 11.1 Å². The highest BCUT2D eigenvalue weighted by atomic mass is 35.5. The van der Waals surface area contributed by atoms with Gasteiger partial charge in [0.15, 0.2) is 0 Å². The van der Waals surface area contributed by atoms with Crippen molar-refractivity contribution >= 4 is 35.1 Å². The number of nitrogens with one attached hydrogen (secondary N) is 1. The normalized spacial score (nSPS) is 17.5. The fourth-order valence-corrected chi connectivity index (χ4v) is 4.64. The Morgan fingerprint density at radius 2 is 2.08 bits per heavy atom. The second-order valence-corrected chi connectivity index (χ2v) is 8.01. The molecular formula is C20H23ClN2O2S. The SMILES string of the molecule is COc1ccc(Cl)cc1NC(=O)N1CCS[C@H](c2ccccc2C)CC1. The average Bonchev–Trinajstić information content (AvgIpc) is 2.88. The first-order valence-electron chi connectivity index (χ1n) is 8.65. The summed E-state index contributed by atoms with van der Waals surface area (Å²) in [7, 11) is 1.58.